The molecule has 2 fully saturated rings. The summed E-state index contributed by atoms with van der Waals surface area (Å²) in [5.41, 5.74) is 3.21. The molecule has 0 spiro atoms. The summed E-state index contributed by atoms with van der Waals surface area (Å²) in [6.07, 6.45) is 1.40. The molecular weight excluding hydrogens is 418 g/mol. The van der Waals surface area contributed by atoms with Crippen molar-refractivity contribution in [1.29, 1.82) is 0 Å². The highest BCUT2D eigenvalue weighted by molar-refractivity contribution is 6.00. The lowest BCUT2D eigenvalue weighted by Crippen LogP contribution is -2.44. The first-order valence-electron chi connectivity index (χ1n) is 11.4. The zero-order chi connectivity index (χ0) is 23.5. The summed E-state index contributed by atoms with van der Waals surface area (Å²) in [6, 6.07) is 14.6. The second-order valence-corrected chi connectivity index (χ2v) is 8.96. The van der Waals surface area contributed by atoms with Gasteiger partial charge in [-0.05, 0) is 63.1 Å². The van der Waals surface area contributed by atoms with Crippen molar-refractivity contribution in [2.75, 3.05) is 29.9 Å². The molecule has 0 unspecified atom stereocenters. The minimum Gasteiger partial charge on any atom is -0.342 e. The topological polar surface area (TPSA) is 86.8 Å². The molecule has 2 saturated heterocycles. The van der Waals surface area contributed by atoms with Gasteiger partial charge < -0.3 is 15.1 Å². The van der Waals surface area contributed by atoms with E-state index in [1.807, 2.05) is 31.2 Å². The van der Waals surface area contributed by atoms with Gasteiger partial charge >= 0.3 is 0 Å². The van der Waals surface area contributed by atoms with Crippen LogP contribution in [-0.2, 0) is 14.4 Å². The van der Waals surface area contributed by atoms with Crippen LogP contribution < -0.4 is 10.2 Å². The molecule has 0 radical (unpaired) electrons. The first-order valence-corrected chi connectivity index (χ1v) is 11.4. The molecule has 3 amide bonds. The molecule has 0 bridgehead atoms. The number of benzene rings is 2. The summed E-state index contributed by atoms with van der Waals surface area (Å²) < 4.78 is 0. The molecule has 4 rings (SSSR count). The predicted molar refractivity (Wildman–Crippen MR) is 126 cm³/mol. The largest absolute Gasteiger partial charge is 0.342 e. The second-order valence-electron chi connectivity index (χ2n) is 8.96. The van der Waals surface area contributed by atoms with Crippen molar-refractivity contribution >= 4 is 34.9 Å². The van der Waals surface area contributed by atoms with Crippen LogP contribution in [0.1, 0.15) is 42.1 Å². The average Bonchev–Trinajstić information content (AvgIpc) is 3.21. The van der Waals surface area contributed by atoms with Crippen LogP contribution in [0.3, 0.4) is 0 Å². The SMILES string of the molecule is CC(=O)c1ccc(NC(=O)C2CCN(C(=O)[C@@H]3CC(=O)N(c4ccc(C)cc4)C3)CC2)cc1. The molecule has 7 nitrogen and oxygen atoms in total. The van der Waals surface area contributed by atoms with Gasteiger partial charge in [0.1, 0.15) is 0 Å². The number of hydrogen-bond acceptors (Lipinski definition) is 4. The third-order valence-corrected chi connectivity index (χ3v) is 6.56. The van der Waals surface area contributed by atoms with Crippen molar-refractivity contribution in [3.05, 3.63) is 59.7 Å². The van der Waals surface area contributed by atoms with E-state index in [0.29, 0.717) is 43.7 Å². The fourth-order valence-electron chi connectivity index (χ4n) is 4.50. The van der Waals surface area contributed by atoms with Gasteiger partial charge in [-0.2, -0.15) is 0 Å². The number of carbonyl (C=O) groups is 4. The highest BCUT2D eigenvalue weighted by Crippen LogP contribution is 2.28. The molecule has 0 saturated carbocycles. The summed E-state index contributed by atoms with van der Waals surface area (Å²) in [5.74, 6) is -0.631. The van der Waals surface area contributed by atoms with Crippen molar-refractivity contribution in [2.45, 2.75) is 33.1 Å². The van der Waals surface area contributed by atoms with Crippen LogP contribution in [0.2, 0.25) is 0 Å². The normalized spacial score (nSPS) is 19.0. The quantitative estimate of drug-likeness (QED) is 0.712. The zero-order valence-corrected chi connectivity index (χ0v) is 19.0. The van der Waals surface area contributed by atoms with Crippen LogP contribution in [0.15, 0.2) is 48.5 Å². The highest BCUT2D eigenvalue weighted by Gasteiger charge is 2.38. The molecule has 2 aliphatic rings. The van der Waals surface area contributed by atoms with Gasteiger partial charge in [0.05, 0.1) is 5.92 Å². The lowest BCUT2D eigenvalue weighted by Gasteiger charge is -2.33. The summed E-state index contributed by atoms with van der Waals surface area (Å²) in [7, 11) is 0. The van der Waals surface area contributed by atoms with Gasteiger partial charge in [-0.1, -0.05) is 17.7 Å². The van der Waals surface area contributed by atoms with Crippen LogP contribution in [0.4, 0.5) is 11.4 Å². The van der Waals surface area contributed by atoms with Gasteiger partial charge in [-0.3, -0.25) is 19.2 Å². The van der Waals surface area contributed by atoms with E-state index < -0.39 is 0 Å². The summed E-state index contributed by atoms with van der Waals surface area (Å²) in [5, 5.41) is 2.91. The van der Waals surface area contributed by atoms with Crippen LogP contribution in [0, 0.1) is 18.8 Å². The number of carbonyl (C=O) groups excluding carboxylic acids is 4. The molecule has 0 aliphatic carbocycles. The molecule has 2 aromatic carbocycles. The molecule has 2 heterocycles. The third kappa shape index (κ3) is 5.13. The van der Waals surface area contributed by atoms with Crippen LogP contribution >= 0.6 is 0 Å². The maximum atomic E-state index is 13.1. The number of rotatable bonds is 5. The minimum absolute atomic E-state index is 0.00311. The number of amides is 3. The number of piperidine rings is 1. The maximum absolute atomic E-state index is 13.1. The number of nitrogens with zero attached hydrogens (tertiary/aromatic N) is 2. The van der Waals surface area contributed by atoms with E-state index in [-0.39, 0.29) is 41.8 Å². The molecule has 2 aromatic rings. The van der Waals surface area contributed by atoms with Crippen molar-refractivity contribution in [3.63, 3.8) is 0 Å². The van der Waals surface area contributed by atoms with Crippen molar-refractivity contribution in [3.8, 4) is 0 Å². The van der Waals surface area contributed by atoms with E-state index in [1.165, 1.54) is 6.92 Å². The van der Waals surface area contributed by atoms with E-state index >= 15 is 0 Å². The number of ketones is 1. The molecule has 172 valence electrons. The fraction of sp³-hybridized carbons (Fsp3) is 0.385. The Bertz CT molecular complexity index is 1050. The third-order valence-electron chi connectivity index (χ3n) is 6.56. The number of hydrogen-bond donors (Lipinski definition) is 1. The molecule has 1 N–H and O–H groups in total. The number of anilines is 2. The van der Waals surface area contributed by atoms with E-state index in [4.69, 9.17) is 0 Å². The standard InChI is InChI=1S/C26H29N3O4/c1-17-3-9-23(10-4-17)29-16-21(15-24(29)31)26(33)28-13-11-20(12-14-28)25(32)27-22-7-5-19(6-8-22)18(2)30/h3-10,20-21H,11-16H2,1-2H3,(H,27,32)/t21-/m1/s1. The molecule has 0 aromatic heterocycles. The molecule has 2 aliphatic heterocycles. The molecule has 33 heavy (non-hydrogen) atoms. The van der Waals surface area contributed by atoms with E-state index in [0.717, 1.165) is 11.3 Å². The second kappa shape index (κ2) is 9.57. The minimum atomic E-state index is -0.344. The highest BCUT2D eigenvalue weighted by atomic mass is 16.2. The number of likely N-dealkylation sites (tertiary alicyclic amines) is 1. The first-order chi connectivity index (χ1) is 15.8. The molecule has 7 heteroatoms. The lowest BCUT2D eigenvalue weighted by molar-refractivity contribution is -0.138. The molecule has 1 atom stereocenters. The Labute approximate surface area is 193 Å². The van der Waals surface area contributed by atoms with Crippen molar-refractivity contribution < 1.29 is 19.2 Å². The first kappa shape index (κ1) is 22.7. The van der Waals surface area contributed by atoms with Gasteiger partial charge in [-0.15, -0.1) is 0 Å². The Hall–Kier alpha value is -3.48. The van der Waals surface area contributed by atoms with Gasteiger partial charge in [0.2, 0.25) is 17.7 Å². The Morgan fingerprint density at radius 1 is 0.909 bits per heavy atom. The predicted octanol–water partition coefficient (Wildman–Crippen LogP) is 3.43. The van der Waals surface area contributed by atoms with Crippen molar-refractivity contribution in [1.82, 2.24) is 4.90 Å². The summed E-state index contributed by atoms with van der Waals surface area (Å²) in [4.78, 5) is 53.1. The number of nitrogens with one attached hydrogen (secondary N) is 1. The van der Waals surface area contributed by atoms with Crippen LogP contribution in [0.25, 0.3) is 0 Å². The number of Topliss-reactive ketones (excluding diaryl/α,β-unsaturated/α-hetero) is 1. The smallest absolute Gasteiger partial charge is 0.228 e. The van der Waals surface area contributed by atoms with E-state index in [1.54, 1.807) is 34.1 Å². The van der Waals surface area contributed by atoms with Gasteiger partial charge in [0.15, 0.2) is 5.78 Å². The fourth-order valence-corrected chi connectivity index (χ4v) is 4.50. The van der Waals surface area contributed by atoms with Gasteiger partial charge in [-0.25, -0.2) is 0 Å². The zero-order valence-electron chi connectivity index (χ0n) is 19.0. The Kier molecular flexibility index (Phi) is 6.58. The monoisotopic (exact) mass is 447 g/mol. The lowest BCUT2D eigenvalue weighted by atomic mass is 9.94. The Balaban J connectivity index is 1.29. The van der Waals surface area contributed by atoms with E-state index in [9.17, 15) is 19.2 Å². The summed E-state index contributed by atoms with van der Waals surface area (Å²) >= 11 is 0. The average molecular weight is 448 g/mol. The maximum Gasteiger partial charge on any atom is 0.228 e. The Morgan fingerprint density at radius 3 is 2.15 bits per heavy atom. The van der Waals surface area contributed by atoms with Crippen LogP contribution in [-0.4, -0.2) is 48.0 Å². The van der Waals surface area contributed by atoms with Crippen molar-refractivity contribution in [2.24, 2.45) is 11.8 Å². The molecular formula is C26H29N3O4. The van der Waals surface area contributed by atoms with Gasteiger partial charge in [0, 0.05) is 48.9 Å². The summed E-state index contributed by atoms with van der Waals surface area (Å²) in [6.45, 7) is 4.92. The number of aryl methyl sites for hydroxylation is 1. The van der Waals surface area contributed by atoms with Crippen LogP contribution in [0.5, 0.6) is 0 Å². The van der Waals surface area contributed by atoms with E-state index in [2.05, 4.69) is 5.32 Å². The van der Waals surface area contributed by atoms with Gasteiger partial charge in [0.25, 0.3) is 0 Å². The Morgan fingerprint density at radius 2 is 1.55 bits per heavy atom.